The largest absolute Gasteiger partial charge is 0.383 e. The second kappa shape index (κ2) is 6.99. The first-order valence-corrected chi connectivity index (χ1v) is 7.25. The van der Waals surface area contributed by atoms with Crippen LogP contribution >= 0.6 is 0 Å². The summed E-state index contributed by atoms with van der Waals surface area (Å²) in [6, 6.07) is 2.47. The van der Waals surface area contributed by atoms with Crippen molar-refractivity contribution in [3.8, 4) is 0 Å². The maximum absolute atomic E-state index is 13.5. The average Bonchev–Trinajstić information content (AvgIpc) is 3.23. The Morgan fingerprint density at radius 3 is 2.85 bits per heavy atom. The Labute approximate surface area is 120 Å². The minimum atomic E-state index is -0.281. The third-order valence-corrected chi connectivity index (χ3v) is 3.41. The van der Waals surface area contributed by atoms with E-state index in [-0.39, 0.29) is 5.82 Å². The van der Waals surface area contributed by atoms with E-state index in [1.54, 1.807) is 13.2 Å². The van der Waals surface area contributed by atoms with Crippen molar-refractivity contribution in [2.75, 3.05) is 25.2 Å². The molecule has 5 heteroatoms. The Kier molecular flexibility index (Phi) is 5.31. The van der Waals surface area contributed by atoms with E-state index >= 15 is 0 Å². The normalized spacial score (nSPS) is 14.8. The number of hydrogen-bond acceptors (Lipinski definition) is 4. The van der Waals surface area contributed by atoms with E-state index in [9.17, 15) is 4.39 Å². The van der Waals surface area contributed by atoms with E-state index in [0.29, 0.717) is 25.2 Å². The van der Waals surface area contributed by atoms with Crippen LogP contribution in [0.25, 0.3) is 0 Å². The number of pyridine rings is 1. The number of nitrogens with zero attached hydrogens (tertiary/aromatic N) is 2. The molecular formula is C15H24FN3O. The van der Waals surface area contributed by atoms with Gasteiger partial charge in [-0.2, -0.15) is 0 Å². The molecule has 0 spiro atoms. The lowest BCUT2D eigenvalue weighted by molar-refractivity contribution is 0.204. The summed E-state index contributed by atoms with van der Waals surface area (Å²) in [7, 11) is 1.70. The smallest absolute Gasteiger partial charge is 0.141 e. The van der Waals surface area contributed by atoms with Gasteiger partial charge in [0.15, 0.2) is 0 Å². The van der Waals surface area contributed by atoms with Gasteiger partial charge in [0, 0.05) is 37.8 Å². The molecule has 0 saturated heterocycles. The van der Waals surface area contributed by atoms with Gasteiger partial charge in [-0.05, 0) is 18.9 Å². The fourth-order valence-corrected chi connectivity index (χ4v) is 2.21. The number of hydrogen-bond donors (Lipinski definition) is 1. The zero-order valence-corrected chi connectivity index (χ0v) is 12.5. The molecular weight excluding hydrogens is 257 g/mol. The van der Waals surface area contributed by atoms with Crippen LogP contribution in [0.2, 0.25) is 0 Å². The number of anilines is 1. The zero-order chi connectivity index (χ0) is 14.5. The Morgan fingerprint density at radius 1 is 1.50 bits per heavy atom. The van der Waals surface area contributed by atoms with Gasteiger partial charge < -0.3 is 15.0 Å². The first-order valence-electron chi connectivity index (χ1n) is 7.25. The lowest BCUT2D eigenvalue weighted by atomic mass is 10.2. The molecule has 20 heavy (non-hydrogen) atoms. The standard InChI is InChI=1S/C15H24FN3O/c1-11(2)17-9-12-8-13(16)10-18-15(12)19(6-7-20-3)14-4-5-14/h8,10-11,14,17H,4-7,9H2,1-3H3. The highest BCUT2D eigenvalue weighted by Gasteiger charge is 2.31. The minimum absolute atomic E-state index is 0.281. The van der Waals surface area contributed by atoms with Crippen LogP contribution < -0.4 is 10.2 Å². The molecule has 1 heterocycles. The van der Waals surface area contributed by atoms with Crippen LogP contribution in [0.3, 0.4) is 0 Å². The summed E-state index contributed by atoms with van der Waals surface area (Å²) in [5.74, 6) is 0.607. The molecule has 1 aliphatic rings. The zero-order valence-electron chi connectivity index (χ0n) is 12.5. The monoisotopic (exact) mass is 281 g/mol. The number of aromatic nitrogens is 1. The van der Waals surface area contributed by atoms with E-state index in [0.717, 1.165) is 17.9 Å². The topological polar surface area (TPSA) is 37.4 Å². The maximum atomic E-state index is 13.5. The molecule has 1 N–H and O–H groups in total. The molecule has 2 rings (SSSR count). The molecule has 112 valence electrons. The molecule has 1 saturated carbocycles. The molecule has 0 aromatic carbocycles. The lowest BCUT2D eigenvalue weighted by Gasteiger charge is -2.26. The first kappa shape index (κ1) is 15.2. The average molecular weight is 281 g/mol. The van der Waals surface area contributed by atoms with Crippen LogP contribution in [0.15, 0.2) is 12.3 Å². The van der Waals surface area contributed by atoms with Crippen molar-refractivity contribution >= 4 is 5.82 Å². The van der Waals surface area contributed by atoms with E-state index in [2.05, 4.69) is 29.0 Å². The van der Waals surface area contributed by atoms with E-state index < -0.39 is 0 Å². The molecule has 0 atom stereocenters. The van der Waals surface area contributed by atoms with E-state index in [1.807, 2.05) is 0 Å². The quantitative estimate of drug-likeness (QED) is 0.793. The van der Waals surface area contributed by atoms with Crippen molar-refractivity contribution in [3.05, 3.63) is 23.6 Å². The molecule has 1 aromatic heterocycles. The third-order valence-electron chi connectivity index (χ3n) is 3.41. The van der Waals surface area contributed by atoms with Crippen molar-refractivity contribution in [2.24, 2.45) is 0 Å². The Balaban J connectivity index is 2.18. The maximum Gasteiger partial charge on any atom is 0.141 e. The molecule has 0 unspecified atom stereocenters. The van der Waals surface area contributed by atoms with Gasteiger partial charge in [-0.25, -0.2) is 9.37 Å². The van der Waals surface area contributed by atoms with Crippen molar-refractivity contribution < 1.29 is 9.13 Å². The van der Waals surface area contributed by atoms with Gasteiger partial charge in [-0.1, -0.05) is 13.8 Å². The number of methoxy groups -OCH3 is 1. The third kappa shape index (κ3) is 4.15. The number of ether oxygens (including phenoxy) is 1. The van der Waals surface area contributed by atoms with Gasteiger partial charge in [0.25, 0.3) is 0 Å². The lowest BCUT2D eigenvalue weighted by Crippen LogP contribution is -2.32. The Hall–Kier alpha value is -1.20. The van der Waals surface area contributed by atoms with Crippen LogP contribution in [-0.2, 0) is 11.3 Å². The fourth-order valence-electron chi connectivity index (χ4n) is 2.21. The summed E-state index contributed by atoms with van der Waals surface area (Å²) < 4.78 is 18.6. The van der Waals surface area contributed by atoms with Gasteiger partial charge >= 0.3 is 0 Å². The second-order valence-corrected chi connectivity index (χ2v) is 5.59. The van der Waals surface area contributed by atoms with Crippen molar-refractivity contribution in [2.45, 2.75) is 45.3 Å². The molecule has 4 nitrogen and oxygen atoms in total. The molecule has 0 radical (unpaired) electrons. The number of rotatable bonds is 8. The second-order valence-electron chi connectivity index (χ2n) is 5.59. The van der Waals surface area contributed by atoms with Crippen LogP contribution in [0.1, 0.15) is 32.3 Å². The van der Waals surface area contributed by atoms with Gasteiger partial charge in [0.2, 0.25) is 0 Å². The highest BCUT2D eigenvalue weighted by molar-refractivity contribution is 5.49. The molecule has 1 aromatic rings. The number of nitrogens with one attached hydrogen (secondary N) is 1. The molecule has 0 aliphatic heterocycles. The molecule has 1 fully saturated rings. The van der Waals surface area contributed by atoms with Gasteiger partial charge in [0.1, 0.15) is 11.6 Å². The van der Waals surface area contributed by atoms with Gasteiger partial charge in [-0.3, -0.25) is 0 Å². The van der Waals surface area contributed by atoms with Crippen LogP contribution in [-0.4, -0.2) is 37.3 Å². The summed E-state index contributed by atoms with van der Waals surface area (Å²) >= 11 is 0. The molecule has 0 amide bonds. The predicted octanol–water partition coefficient (Wildman–Crippen LogP) is 2.33. The highest BCUT2D eigenvalue weighted by atomic mass is 19.1. The summed E-state index contributed by atoms with van der Waals surface area (Å²) in [6.07, 6.45) is 3.66. The van der Waals surface area contributed by atoms with Gasteiger partial charge in [0.05, 0.1) is 12.8 Å². The van der Waals surface area contributed by atoms with Crippen molar-refractivity contribution in [1.82, 2.24) is 10.3 Å². The SMILES string of the molecule is COCCN(c1ncc(F)cc1CNC(C)C)C1CC1. The molecule has 1 aliphatic carbocycles. The van der Waals surface area contributed by atoms with E-state index in [4.69, 9.17) is 4.74 Å². The van der Waals surface area contributed by atoms with Crippen LogP contribution in [0.5, 0.6) is 0 Å². The summed E-state index contributed by atoms with van der Waals surface area (Å²) in [6.45, 7) is 6.25. The van der Waals surface area contributed by atoms with Crippen LogP contribution in [0, 0.1) is 5.82 Å². The van der Waals surface area contributed by atoms with E-state index in [1.165, 1.54) is 19.0 Å². The van der Waals surface area contributed by atoms with Crippen molar-refractivity contribution in [3.63, 3.8) is 0 Å². The Morgan fingerprint density at radius 2 is 2.25 bits per heavy atom. The minimum Gasteiger partial charge on any atom is -0.383 e. The summed E-state index contributed by atoms with van der Waals surface area (Å²) in [4.78, 5) is 6.58. The highest BCUT2D eigenvalue weighted by Crippen LogP contribution is 2.32. The number of halogens is 1. The predicted molar refractivity (Wildman–Crippen MR) is 78.4 cm³/mol. The van der Waals surface area contributed by atoms with Crippen LogP contribution in [0.4, 0.5) is 10.2 Å². The first-order chi connectivity index (χ1) is 9.61. The van der Waals surface area contributed by atoms with Gasteiger partial charge in [-0.15, -0.1) is 0 Å². The van der Waals surface area contributed by atoms with Crippen molar-refractivity contribution in [1.29, 1.82) is 0 Å². The summed E-state index contributed by atoms with van der Waals surface area (Å²) in [5, 5.41) is 3.34. The molecule has 0 bridgehead atoms. The fraction of sp³-hybridized carbons (Fsp3) is 0.667. The summed E-state index contributed by atoms with van der Waals surface area (Å²) in [5.41, 5.74) is 0.918. The Bertz CT molecular complexity index is 435.